The van der Waals surface area contributed by atoms with E-state index in [-0.39, 0.29) is 11.0 Å². The van der Waals surface area contributed by atoms with Gasteiger partial charge in [-0.3, -0.25) is 14.9 Å². The first kappa shape index (κ1) is 19.7. The van der Waals surface area contributed by atoms with Crippen molar-refractivity contribution in [3.63, 3.8) is 0 Å². The molecule has 0 radical (unpaired) electrons. The van der Waals surface area contributed by atoms with Crippen LogP contribution >= 0.6 is 23.6 Å². The zero-order valence-corrected chi connectivity index (χ0v) is 17.5. The van der Waals surface area contributed by atoms with Crippen LogP contribution in [0.4, 0.5) is 5.00 Å². The number of nitrogens with two attached hydrogens (primary N) is 1. The minimum absolute atomic E-state index is 0.110. The van der Waals surface area contributed by atoms with Crippen molar-refractivity contribution in [1.82, 2.24) is 5.32 Å². The maximum absolute atomic E-state index is 12.6. The van der Waals surface area contributed by atoms with Crippen LogP contribution < -0.4 is 25.8 Å². The number of hydrogen-bond acceptors (Lipinski definition) is 6. The Bertz CT molecular complexity index is 1000. The van der Waals surface area contributed by atoms with Crippen molar-refractivity contribution in [1.29, 1.82) is 0 Å². The summed E-state index contributed by atoms with van der Waals surface area (Å²) in [6, 6.07) is 4.96. The normalized spacial score (nSPS) is 17.2. The molecule has 0 saturated heterocycles. The number of carbonyl (C=O) groups excluding carboxylic acids is 2. The van der Waals surface area contributed by atoms with Gasteiger partial charge in [0.05, 0.1) is 5.56 Å². The molecule has 1 aliphatic heterocycles. The average Bonchev–Trinajstić information content (AvgIpc) is 3.04. The largest absolute Gasteiger partial charge is 0.486 e. The van der Waals surface area contributed by atoms with Crippen LogP contribution in [0, 0.1) is 5.92 Å². The number of thiocarbonyl (C=S) groups is 1. The number of thiophene rings is 1. The second kappa shape index (κ2) is 8.00. The molecule has 2 amide bonds. The van der Waals surface area contributed by atoms with Gasteiger partial charge in [-0.2, -0.15) is 0 Å². The average molecular weight is 432 g/mol. The predicted molar refractivity (Wildman–Crippen MR) is 115 cm³/mol. The third kappa shape index (κ3) is 4.06. The third-order valence-electron chi connectivity index (χ3n) is 5.02. The number of amides is 2. The summed E-state index contributed by atoms with van der Waals surface area (Å²) in [5, 5.41) is 6.33. The van der Waals surface area contributed by atoms with E-state index in [1.807, 2.05) is 0 Å². The Morgan fingerprint density at radius 2 is 2.00 bits per heavy atom. The Morgan fingerprint density at radius 1 is 1.24 bits per heavy atom. The standard InChI is InChI=1S/C20H21N3O4S2/c1-10-2-4-12-15(8-10)29-19(16(12)17(21)24)23-20(28)22-18(25)11-3-5-13-14(9-11)27-7-6-26-13/h3,5,9-10H,2,4,6-8H2,1H3,(H2,21,24)(H2,22,23,25,28)/t10-/m1/s1. The number of anilines is 1. The fraction of sp³-hybridized carbons (Fsp3) is 0.350. The number of primary amides is 1. The molecule has 0 bridgehead atoms. The second-order valence-corrected chi connectivity index (χ2v) is 8.70. The van der Waals surface area contributed by atoms with Crippen LogP contribution in [0.3, 0.4) is 0 Å². The van der Waals surface area contributed by atoms with Crippen molar-refractivity contribution >= 4 is 45.5 Å². The highest BCUT2D eigenvalue weighted by atomic mass is 32.1. The molecule has 1 aliphatic carbocycles. The van der Waals surface area contributed by atoms with Crippen LogP contribution in [0.1, 0.15) is 44.5 Å². The number of benzene rings is 1. The van der Waals surface area contributed by atoms with Crippen molar-refractivity contribution < 1.29 is 19.1 Å². The molecule has 1 atom stereocenters. The maximum Gasteiger partial charge on any atom is 0.257 e. The van der Waals surface area contributed by atoms with Crippen LogP contribution in [-0.4, -0.2) is 30.1 Å². The number of carbonyl (C=O) groups is 2. The summed E-state index contributed by atoms with van der Waals surface area (Å²) >= 11 is 6.78. The van der Waals surface area contributed by atoms with Gasteiger partial charge in [-0.15, -0.1) is 11.3 Å². The monoisotopic (exact) mass is 431 g/mol. The lowest BCUT2D eigenvalue weighted by atomic mass is 9.88. The Morgan fingerprint density at radius 3 is 2.76 bits per heavy atom. The number of hydrogen-bond donors (Lipinski definition) is 3. The zero-order chi connectivity index (χ0) is 20.5. The summed E-state index contributed by atoms with van der Waals surface area (Å²) in [5.74, 6) is 0.837. The quantitative estimate of drug-likeness (QED) is 0.646. The van der Waals surface area contributed by atoms with E-state index in [0.29, 0.717) is 46.8 Å². The fourth-order valence-electron chi connectivity index (χ4n) is 3.59. The van der Waals surface area contributed by atoms with Gasteiger partial charge in [-0.25, -0.2) is 0 Å². The second-order valence-electron chi connectivity index (χ2n) is 7.19. The molecular formula is C20H21N3O4S2. The maximum atomic E-state index is 12.6. The van der Waals surface area contributed by atoms with Crippen LogP contribution in [0.15, 0.2) is 18.2 Å². The van der Waals surface area contributed by atoms with Crippen molar-refractivity contribution in [2.75, 3.05) is 18.5 Å². The van der Waals surface area contributed by atoms with E-state index in [2.05, 4.69) is 17.6 Å². The molecule has 2 heterocycles. The highest BCUT2D eigenvalue weighted by Crippen LogP contribution is 2.39. The Kier molecular flexibility index (Phi) is 5.42. The Labute approximate surface area is 177 Å². The van der Waals surface area contributed by atoms with Crippen molar-refractivity contribution in [2.45, 2.75) is 26.2 Å². The van der Waals surface area contributed by atoms with Gasteiger partial charge in [-0.1, -0.05) is 6.92 Å². The van der Waals surface area contributed by atoms with Crippen LogP contribution in [0.5, 0.6) is 11.5 Å². The summed E-state index contributed by atoms with van der Waals surface area (Å²) < 4.78 is 11.0. The van der Waals surface area contributed by atoms with Gasteiger partial charge in [0.2, 0.25) is 0 Å². The lowest BCUT2D eigenvalue weighted by molar-refractivity contribution is 0.0974. The molecule has 0 fully saturated rings. The molecule has 4 rings (SSSR count). The lowest BCUT2D eigenvalue weighted by Crippen LogP contribution is -2.34. The topological polar surface area (TPSA) is 103 Å². The van der Waals surface area contributed by atoms with Gasteiger partial charge in [0.1, 0.15) is 18.2 Å². The van der Waals surface area contributed by atoms with Crippen molar-refractivity contribution in [3.05, 3.63) is 39.8 Å². The van der Waals surface area contributed by atoms with E-state index in [0.717, 1.165) is 29.7 Å². The smallest absolute Gasteiger partial charge is 0.257 e. The molecule has 0 spiro atoms. The van der Waals surface area contributed by atoms with Crippen LogP contribution in [0.2, 0.25) is 0 Å². The van der Waals surface area contributed by atoms with Crippen molar-refractivity contribution in [2.24, 2.45) is 11.7 Å². The molecule has 152 valence electrons. The summed E-state index contributed by atoms with van der Waals surface area (Å²) in [4.78, 5) is 25.7. The summed E-state index contributed by atoms with van der Waals surface area (Å²) in [7, 11) is 0. The van der Waals surface area contributed by atoms with E-state index in [1.165, 1.54) is 11.3 Å². The molecule has 1 aromatic heterocycles. The molecule has 29 heavy (non-hydrogen) atoms. The van der Waals surface area contributed by atoms with E-state index >= 15 is 0 Å². The molecule has 2 aromatic rings. The minimum atomic E-state index is -0.486. The first-order valence-electron chi connectivity index (χ1n) is 9.38. The Hall–Kier alpha value is -2.65. The van der Waals surface area contributed by atoms with Gasteiger partial charge in [0.15, 0.2) is 16.6 Å². The highest BCUT2D eigenvalue weighted by Gasteiger charge is 2.27. The van der Waals surface area contributed by atoms with Gasteiger partial charge < -0.3 is 20.5 Å². The fourth-order valence-corrected chi connectivity index (χ4v) is 5.27. The number of rotatable bonds is 3. The molecule has 2 aliphatic rings. The molecule has 0 unspecified atom stereocenters. The van der Waals surface area contributed by atoms with E-state index in [4.69, 9.17) is 27.4 Å². The minimum Gasteiger partial charge on any atom is -0.486 e. The number of nitrogens with one attached hydrogen (secondary N) is 2. The summed E-state index contributed by atoms with van der Waals surface area (Å²) in [5.41, 5.74) is 7.50. The summed E-state index contributed by atoms with van der Waals surface area (Å²) in [6.07, 6.45) is 2.76. The van der Waals surface area contributed by atoms with Gasteiger partial charge >= 0.3 is 0 Å². The number of fused-ring (bicyclic) bond motifs is 2. The Balaban J connectivity index is 1.49. The first-order valence-corrected chi connectivity index (χ1v) is 10.6. The summed E-state index contributed by atoms with van der Waals surface area (Å²) in [6.45, 7) is 3.12. The molecule has 1 aromatic carbocycles. The highest BCUT2D eigenvalue weighted by molar-refractivity contribution is 7.80. The van der Waals surface area contributed by atoms with Crippen LogP contribution in [-0.2, 0) is 12.8 Å². The lowest BCUT2D eigenvalue weighted by Gasteiger charge is -2.18. The van der Waals surface area contributed by atoms with Crippen LogP contribution in [0.25, 0.3) is 0 Å². The first-order chi connectivity index (χ1) is 13.9. The van der Waals surface area contributed by atoms with Crippen molar-refractivity contribution in [3.8, 4) is 11.5 Å². The van der Waals surface area contributed by atoms with E-state index < -0.39 is 5.91 Å². The van der Waals surface area contributed by atoms with Gasteiger partial charge in [0, 0.05) is 10.4 Å². The van der Waals surface area contributed by atoms with Gasteiger partial charge in [0.25, 0.3) is 11.8 Å². The molecule has 4 N–H and O–H groups in total. The zero-order valence-electron chi connectivity index (χ0n) is 15.9. The van der Waals surface area contributed by atoms with Gasteiger partial charge in [-0.05, 0) is 61.2 Å². The number of ether oxygens (including phenoxy) is 2. The van der Waals surface area contributed by atoms with E-state index in [9.17, 15) is 9.59 Å². The molecular weight excluding hydrogens is 410 g/mol. The third-order valence-corrected chi connectivity index (χ3v) is 6.39. The molecule has 7 nitrogen and oxygen atoms in total. The SMILES string of the molecule is C[C@@H]1CCc2c(sc(NC(=S)NC(=O)c3ccc4c(c3)OCCO4)c2C(N)=O)C1. The molecule has 9 heteroatoms. The predicted octanol–water partition coefficient (Wildman–Crippen LogP) is 2.87. The van der Waals surface area contributed by atoms with E-state index in [1.54, 1.807) is 18.2 Å². The molecule has 0 saturated carbocycles.